The molecule has 1 aliphatic heterocycles. The van der Waals surface area contributed by atoms with Crippen molar-refractivity contribution in [2.75, 3.05) is 10.6 Å². The first-order chi connectivity index (χ1) is 15.0. The molecule has 3 N–H and O–H groups in total. The zero-order valence-corrected chi connectivity index (χ0v) is 17.4. The van der Waals surface area contributed by atoms with Crippen LogP contribution in [0.25, 0.3) is 0 Å². The molecule has 2 atom stereocenters. The van der Waals surface area contributed by atoms with Gasteiger partial charge in [0.25, 0.3) is 5.95 Å². The van der Waals surface area contributed by atoms with Gasteiger partial charge < -0.3 is 10.4 Å². The average Bonchev–Trinajstić information content (AvgIpc) is 3.16. The van der Waals surface area contributed by atoms with Gasteiger partial charge in [-0.25, -0.2) is 4.68 Å². The van der Waals surface area contributed by atoms with Crippen molar-refractivity contribution in [3.63, 3.8) is 0 Å². The van der Waals surface area contributed by atoms with E-state index in [0.29, 0.717) is 11.0 Å². The highest BCUT2D eigenvalue weighted by molar-refractivity contribution is 6.30. The number of anilines is 2. The zero-order chi connectivity index (χ0) is 21.8. The van der Waals surface area contributed by atoms with Crippen molar-refractivity contribution in [1.29, 1.82) is 0 Å². The number of aliphatic carboxylic acids is 1. The van der Waals surface area contributed by atoms with Crippen LogP contribution in [-0.2, 0) is 9.59 Å². The maximum absolute atomic E-state index is 12.2. The van der Waals surface area contributed by atoms with Crippen LogP contribution in [-0.4, -0.2) is 31.7 Å². The number of carboxylic acid groups (broad SMARTS) is 1. The number of hydrogen-bond donors (Lipinski definition) is 3. The van der Waals surface area contributed by atoms with Crippen molar-refractivity contribution in [2.45, 2.75) is 37.8 Å². The molecule has 1 aliphatic rings. The van der Waals surface area contributed by atoms with E-state index in [0.717, 1.165) is 17.5 Å². The molecule has 1 aromatic heterocycles. The summed E-state index contributed by atoms with van der Waals surface area (Å²) >= 11 is 6.07. The number of carbonyl (C=O) groups is 2. The van der Waals surface area contributed by atoms with E-state index in [1.54, 1.807) is 4.68 Å². The third-order valence-electron chi connectivity index (χ3n) is 5.19. The van der Waals surface area contributed by atoms with Gasteiger partial charge in [-0.1, -0.05) is 54.1 Å². The lowest BCUT2D eigenvalue weighted by molar-refractivity contribution is -0.137. The number of benzene rings is 2. The molecular weight excluding hydrogens is 418 g/mol. The lowest BCUT2D eigenvalue weighted by Gasteiger charge is -2.31. The number of amides is 1. The van der Waals surface area contributed by atoms with Crippen molar-refractivity contribution >= 4 is 35.4 Å². The zero-order valence-electron chi connectivity index (χ0n) is 16.7. The Morgan fingerprint density at radius 1 is 1.10 bits per heavy atom. The monoisotopic (exact) mass is 439 g/mol. The summed E-state index contributed by atoms with van der Waals surface area (Å²) in [6.07, 6.45) is 1.04. The van der Waals surface area contributed by atoms with E-state index in [9.17, 15) is 9.59 Å². The minimum Gasteiger partial charge on any atom is -0.481 e. The molecule has 31 heavy (non-hydrogen) atoms. The van der Waals surface area contributed by atoms with Crippen LogP contribution in [0.15, 0.2) is 54.6 Å². The van der Waals surface area contributed by atoms with E-state index in [1.165, 1.54) is 0 Å². The van der Waals surface area contributed by atoms with Gasteiger partial charge in [0.15, 0.2) is 0 Å². The van der Waals surface area contributed by atoms with Crippen LogP contribution in [0.2, 0.25) is 5.02 Å². The molecule has 2 aromatic carbocycles. The summed E-state index contributed by atoms with van der Waals surface area (Å²) in [6, 6.07) is 17.7. The first-order valence-electron chi connectivity index (χ1n) is 10.0. The molecular formula is C22H22ClN5O3. The quantitative estimate of drug-likeness (QED) is 0.507. The van der Waals surface area contributed by atoms with Crippen LogP contribution < -0.4 is 10.6 Å². The summed E-state index contributed by atoms with van der Waals surface area (Å²) in [5.41, 5.74) is 2.17. The number of carboxylic acids is 1. The number of rotatable bonds is 7. The number of hydrogen-bond acceptors (Lipinski definition) is 5. The number of carbonyl (C=O) groups excluding carboxylic acids is 1. The van der Waals surface area contributed by atoms with Gasteiger partial charge >= 0.3 is 5.97 Å². The fraction of sp³-hybridized carbons (Fsp3) is 0.273. The summed E-state index contributed by atoms with van der Waals surface area (Å²) in [5.74, 6) is -0.492. The van der Waals surface area contributed by atoms with Crippen molar-refractivity contribution < 1.29 is 14.7 Å². The molecule has 9 heteroatoms. The third kappa shape index (κ3) is 5.03. The van der Waals surface area contributed by atoms with Crippen molar-refractivity contribution in [2.24, 2.45) is 0 Å². The van der Waals surface area contributed by atoms with Crippen LogP contribution in [0.1, 0.15) is 48.9 Å². The lowest BCUT2D eigenvalue weighted by atomic mass is 9.93. The second-order valence-corrected chi connectivity index (χ2v) is 7.85. The first-order valence-corrected chi connectivity index (χ1v) is 10.4. The Morgan fingerprint density at radius 3 is 2.55 bits per heavy atom. The van der Waals surface area contributed by atoms with Gasteiger partial charge in [0.1, 0.15) is 0 Å². The Labute approximate surface area is 184 Å². The fourth-order valence-electron chi connectivity index (χ4n) is 3.68. The summed E-state index contributed by atoms with van der Waals surface area (Å²) in [7, 11) is 0. The van der Waals surface area contributed by atoms with E-state index in [4.69, 9.17) is 16.7 Å². The molecule has 160 valence electrons. The molecule has 0 saturated heterocycles. The van der Waals surface area contributed by atoms with Crippen LogP contribution in [0.5, 0.6) is 0 Å². The van der Waals surface area contributed by atoms with Crippen molar-refractivity contribution in [3.05, 3.63) is 70.7 Å². The molecule has 4 rings (SSSR count). The summed E-state index contributed by atoms with van der Waals surface area (Å²) in [5, 5.41) is 20.0. The Hall–Kier alpha value is -3.39. The molecule has 0 unspecified atom stereocenters. The van der Waals surface area contributed by atoms with E-state index < -0.39 is 5.97 Å². The number of nitrogens with zero attached hydrogens (tertiary/aromatic N) is 3. The van der Waals surface area contributed by atoms with Gasteiger partial charge in [-0.05, 0) is 36.1 Å². The van der Waals surface area contributed by atoms with Crippen LogP contribution >= 0.6 is 11.6 Å². The highest BCUT2D eigenvalue weighted by Gasteiger charge is 2.31. The standard InChI is InChI=1S/C22H22ClN5O3/c23-16-11-9-15(10-12-16)18-13-17(14-5-2-1-3-6-14)24-22-26-21(27-28(18)22)25-19(29)7-4-8-20(30)31/h1-3,5-6,9-12,17-18H,4,7-8,13H2,(H,30,31)(H2,24,25,26,27,29)/t17-,18+/m1/s1. The average molecular weight is 440 g/mol. The van der Waals surface area contributed by atoms with Crippen LogP contribution in [0.4, 0.5) is 11.9 Å². The highest BCUT2D eigenvalue weighted by Crippen LogP contribution is 2.38. The van der Waals surface area contributed by atoms with Crippen LogP contribution in [0, 0.1) is 0 Å². The summed E-state index contributed by atoms with van der Waals surface area (Å²) in [6.45, 7) is 0. The van der Waals surface area contributed by atoms with E-state index in [1.807, 2.05) is 42.5 Å². The highest BCUT2D eigenvalue weighted by atomic mass is 35.5. The molecule has 8 nitrogen and oxygen atoms in total. The predicted molar refractivity (Wildman–Crippen MR) is 117 cm³/mol. The van der Waals surface area contributed by atoms with Gasteiger partial charge in [-0.15, -0.1) is 5.10 Å². The second-order valence-electron chi connectivity index (χ2n) is 7.41. The van der Waals surface area contributed by atoms with E-state index in [-0.39, 0.29) is 43.2 Å². The Bertz CT molecular complexity index is 1070. The largest absolute Gasteiger partial charge is 0.481 e. The normalized spacial score (nSPS) is 17.5. The van der Waals surface area contributed by atoms with Gasteiger partial charge in [-0.2, -0.15) is 4.98 Å². The molecule has 3 aromatic rings. The van der Waals surface area contributed by atoms with Gasteiger partial charge in [0.05, 0.1) is 12.1 Å². The SMILES string of the molecule is O=C(O)CCCC(=O)Nc1nc2n(n1)[C@H](c1ccc(Cl)cc1)C[C@H](c1ccccc1)N2. The van der Waals surface area contributed by atoms with E-state index in [2.05, 4.69) is 32.8 Å². The topological polar surface area (TPSA) is 109 Å². The van der Waals surface area contributed by atoms with Gasteiger partial charge in [0, 0.05) is 17.9 Å². The fourth-order valence-corrected chi connectivity index (χ4v) is 3.81. The third-order valence-corrected chi connectivity index (χ3v) is 5.44. The minimum absolute atomic E-state index is 0.0256. The van der Waals surface area contributed by atoms with Gasteiger partial charge in [-0.3, -0.25) is 14.9 Å². The van der Waals surface area contributed by atoms with Gasteiger partial charge in [0.2, 0.25) is 11.9 Å². The number of fused-ring (bicyclic) bond motifs is 1. The second kappa shape index (κ2) is 9.18. The Morgan fingerprint density at radius 2 is 1.84 bits per heavy atom. The van der Waals surface area contributed by atoms with Crippen molar-refractivity contribution in [1.82, 2.24) is 14.8 Å². The Kier molecular flexibility index (Phi) is 6.18. The minimum atomic E-state index is -0.926. The number of nitrogens with one attached hydrogen (secondary N) is 2. The maximum atomic E-state index is 12.2. The molecule has 2 heterocycles. The summed E-state index contributed by atoms with van der Waals surface area (Å²) in [4.78, 5) is 27.3. The summed E-state index contributed by atoms with van der Waals surface area (Å²) < 4.78 is 1.77. The molecule has 0 fully saturated rings. The van der Waals surface area contributed by atoms with E-state index >= 15 is 0 Å². The molecule has 0 bridgehead atoms. The van der Waals surface area contributed by atoms with Crippen LogP contribution in [0.3, 0.4) is 0 Å². The molecule has 0 radical (unpaired) electrons. The molecule has 0 spiro atoms. The smallest absolute Gasteiger partial charge is 0.303 e. The molecule has 1 amide bonds. The number of aromatic nitrogens is 3. The first kappa shape index (κ1) is 20.9. The molecule has 0 saturated carbocycles. The predicted octanol–water partition coefficient (Wildman–Crippen LogP) is 4.27. The maximum Gasteiger partial charge on any atom is 0.303 e. The Balaban J connectivity index is 1.59. The lowest BCUT2D eigenvalue weighted by Crippen LogP contribution is -2.28. The van der Waals surface area contributed by atoms with Crippen molar-refractivity contribution in [3.8, 4) is 0 Å². The number of halogens is 1. The molecule has 0 aliphatic carbocycles.